The zero-order valence-corrected chi connectivity index (χ0v) is 12.7. The lowest BCUT2D eigenvalue weighted by atomic mass is 9.86. The minimum atomic E-state index is -0.651. The van der Waals surface area contributed by atoms with Crippen molar-refractivity contribution in [1.29, 1.82) is 0 Å². The quantitative estimate of drug-likeness (QED) is 0.909. The summed E-state index contributed by atoms with van der Waals surface area (Å²) in [6, 6.07) is 8.57. The van der Waals surface area contributed by atoms with Crippen LogP contribution in [0, 0.1) is 5.92 Å². The molecule has 1 fully saturated rings. The molecule has 1 aromatic rings. The van der Waals surface area contributed by atoms with E-state index in [4.69, 9.17) is 9.84 Å². The second-order valence-electron chi connectivity index (χ2n) is 6.77. The highest BCUT2D eigenvalue weighted by Crippen LogP contribution is 2.43. The smallest absolute Gasteiger partial charge is 0.306 e. The van der Waals surface area contributed by atoms with Crippen molar-refractivity contribution in [2.45, 2.75) is 44.8 Å². The van der Waals surface area contributed by atoms with Crippen molar-refractivity contribution in [1.82, 2.24) is 4.90 Å². The number of para-hydroxylation sites is 1. The molecule has 0 aliphatic carbocycles. The summed E-state index contributed by atoms with van der Waals surface area (Å²) >= 11 is 0. The summed E-state index contributed by atoms with van der Waals surface area (Å²) in [6.45, 7) is 5.96. The van der Waals surface area contributed by atoms with Gasteiger partial charge in [0.1, 0.15) is 11.4 Å². The van der Waals surface area contributed by atoms with Crippen molar-refractivity contribution >= 4 is 5.97 Å². The van der Waals surface area contributed by atoms with Gasteiger partial charge in [0.05, 0.1) is 5.92 Å². The Balaban J connectivity index is 1.81. The Morgan fingerprint density at radius 1 is 1.29 bits per heavy atom. The third-order valence-electron chi connectivity index (χ3n) is 4.67. The lowest BCUT2D eigenvalue weighted by Crippen LogP contribution is -2.45. The molecule has 114 valence electrons. The molecule has 0 bridgehead atoms. The second kappa shape index (κ2) is 5.34. The van der Waals surface area contributed by atoms with Gasteiger partial charge in [-0.25, -0.2) is 0 Å². The van der Waals surface area contributed by atoms with Crippen molar-refractivity contribution < 1.29 is 14.6 Å². The summed E-state index contributed by atoms with van der Waals surface area (Å²) in [5.74, 6) is 0.144. The van der Waals surface area contributed by atoms with E-state index in [0.717, 1.165) is 38.1 Å². The maximum absolute atomic E-state index is 11.1. The van der Waals surface area contributed by atoms with Gasteiger partial charge in [-0.15, -0.1) is 0 Å². The van der Waals surface area contributed by atoms with Gasteiger partial charge in [-0.3, -0.25) is 9.69 Å². The summed E-state index contributed by atoms with van der Waals surface area (Å²) < 4.78 is 6.08. The fourth-order valence-corrected chi connectivity index (χ4v) is 3.55. The van der Waals surface area contributed by atoms with E-state index in [1.807, 2.05) is 12.1 Å². The van der Waals surface area contributed by atoms with Gasteiger partial charge in [-0.05, 0) is 45.8 Å². The lowest BCUT2D eigenvalue weighted by Gasteiger charge is -2.44. The van der Waals surface area contributed by atoms with Crippen molar-refractivity contribution in [3.63, 3.8) is 0 Å². The van der Waals surface area contributed by atoms with Crippen molar-refractivity contribution in [2.24, 2.45) is 5.92 Å². The summed E-state index contributed by atoms with van der Waals surface area (Å²) in [5, 5.41) is 9.14. The van der Waals surface area contributed by atoms with Gasteiger partial charge in [0.25, 0.3) is 0 Å². The Bertz CT molecular complexity index is 533. The van der Waals surface area contributed by atoms with E-state index in [-0.39, 0.29) is 11.5 Å². The fourth-order valence-electron chi connectivity index (χ4n) is 3.55. The molecular weight excluding hydrogens is 266 g/mol. The van der Waals surface area contributed by atoms with E-state index in [0.29, 0.717) is 6.04 Å². The number of rotatable bonds is 2. The number of likely N-dealkylation sites (tertiary alicyclic amines) is 1. The molecule has 4 nitrogen and oxygen atoms in total. The Hall–Kier alpha value is -1.55. The molecule has 0 aromatic heterocycles. The first-order valence-corrected chi connectivity index (χ1v) is 7.71. The molecule has 2 aliphatic rings. The summed E-state index contributed by atoms with van der Waals surface area (Å²) in [4.78, 5) is 13.5. The van der Waals surface area contributed by atoms with Crippen LogP contribution in [-0.4, -0.2) is 34.7 Å². The van der Waals surface area contributed by atoms with Gasteiger partial charge in [0, 0.05) is 18.0 Å². The van der Waals surface area contributed by atoms with Crippen molar-refractivity contribution in [3.8, 4) is 5.75 Å². The van der Waals surface area contributed by atoms with Crippen LogP contribution in [0.3, 0.4) is 0 Å². The topological polar surface area (TPSA) is 49.8 Å². The van der Waals surface area contributed by atoms with Crippen LogP contribution in [0.15, 0.2) is 24.3 Å². The number of piperidine rings is 1. The van der Waals surface area contributed by atoms with Crippen LogP contribution in [0.25, 0.3) is 0 Å². The largest absolute Gasteiger partial charge is 0.487 e. The van der Waals surface area contributed by atoms with Crippen LogP contribution in [0.5, 0.6) is 5.75 Å². The van der Waals surface area contributed by atoms with Crippen LogP contribution >= 0.6 is 0 Å². The van der Waals surface area contributed by atoms with Gasteiger partial charge in [0.2, 0.25) is 0 Å². The molecule has 0 saturated carbocycles. The average Bonchev–Trinajstić information content (AvgIpc) is 2.45. The average molecular weight is 289 g/mol. The number of hydrogen-bond acceptors (Lipinski definition) is 3. The highest BCUT2D eigenvalue weighted by atomic mass is 16.5. The Labute approximate surface area is 125 Å². The number of ether oxygens (including phenoxy) is 1. The SMILES string of the molecule is CC1(C)CC(N2CCC(C(=O)O)CC2)c2ccccc2O1. The summed E-state index contributed by atoms with van der Waals surface area (Å²) in [5.41, 5.74) is 1.06. The molecule has 0 radical (unpaired) electrons. The Morgan fingerprint density at radius 2 is 1.95 bits per heavy atom. The van der Waals surface area contributed by atoms with Gasteiger partial charge in [0.15, 0.2) is 0 Å². The Kier molecular flexibility index (Phi) is 3.66. The normalized spacial score (nSPS) is 25.9. The van der Waals surface area contributed by atoms with E-state index < -0.39 is 5.97 Å². The minimum absolute atomic E-state index is 0.177. The van der Waals surface area contributed by atoms with Gasteiger partial charge in [-0.1, -0.05) is 18.2 Å². The number of carboxylic acids is 1. The molecule has 3 rings (SSSR count). The van der Waals surface area contributed by atoms with Crippen molar-refractivity contribution in [3.05, 3.63) is 29.8 Å². The number of carbonyl (C=O) groups is 1. The molecule has 1 unspecified atom stereocenters. The van der Waals surface area contributed by atoms with Gasteiger partial charge < -0.3 is 9.84 Å². The summed E-state index contributed by atoms with van der Waals surface area (Å²) in [7, 11) is 0. The molecule has 1 atom stereocenters. The zero-order valence-electron chi connectivity index (χ0n) is 12.7. The first kappa shape index (κ1) is 14.4. The predicted molar refractivity (Wildman–Crippen MR) is 80.4 cm³/mol. The van der Waals surface area contributed by atoms with E-state index in [1.54, 1.807) is 0 Å². The predicted octanol–water partition coefficient (Wildman–Crippen LogP) is 3.09. The minimum Gasteiger partial charge on any atom is -0.487 e. The molecule has 1 aromatic carbocycles. The zero-order chi connectivity index (χ0) is 15.0. The van der Waals surface area contributed by atoms with Gasteiger partial charge >= 0.3 is 5.97 Å². The number of aliphatic carboxylic acids is 1. The van der Waals surface area contributed by atoms with Crippen LogP contribution in [0.2, 0.25) is 0 Å². The van der Waals surface area contributed by atoms with Crippen LogP contribution in [0.4, 0.5) is 0 Å². The van der Waals surface area contributed by atoms with Crippen LogP contribution in [0.1, 0.15) is 44.7 Å². The molecule has 1 saturated heterocycles. The second-order valence-corrected chi connectivity index (χ2v) is 6.77. The molecular formula is C17H23NO3. The highest BCUT2D eigenvalue weighted by Gasteiger charge is 2.38. The Morgan fingerprint density at radius 3 is 2.62 bits per heavy atom. The number of hydrogen-bond donors (Lipinski definition) is 1. The maximum Gasteiger partial charge on any atom is 0.306 e. The number of benzene rings is 1. The molecule has 2 heterocycles. The number of carboxylic acid groups (broad SMARTS) is 1. The van der Waals surface area contributed by atoms with Crippen molar-refractivity contribution in [2.75, 3.05) is 13.1 Å². The molecule has 2 aliphatic heterocycles. The fraction of sp³-hybridized carbons (Fsp3) is 0.588. The maximum atomic E-state index is 11.1. The van der Waals surface area contributed by atoms with E-state index in [2.05, 4.69) is 30.9 Å². The van der Waals surface area contributed by atoms with Crippen LogP contribution < -0.4 is 4.74 Å². The molecule has 1 N–H and O–H groups in total. The summed E-state index contributed by atoms with van der Waals surface area (Å²) in [6.07, 6.45) is 2.44. The number of nitrogens with zero attached hydrogens (tertiary/aromatic N) is 1. The molecule has 0 spiro atoms. The first-order valence-electron chi connectivity index (χ1n) is 7.71. The van der Waals surface area contributed by atoms with E-state index in [1.165, 1.54) is 5.56 Å². The molecule has 0 amide bonds. The number of fused-ring (bicyclic) bond motifs is 1. The van der Waals surface area contributed by atoms with E-state index >= 15 is 0 Å². The third-order valence-corrected chi connectivity index (χ3v) is 4.67. The van der Waals surface area contributed by atoms with Crippen LogP contribution in [-0.2, 0) is 4.79 Å². The molecule has 21 heavy (non-hydrogen) atoms. The monoisotopic (exact) mass is 289 g/mol. The molecule has 4 heteroatoms. The van der Waals surface area contributed by atoms with E-state index in [9.17, 15) is 4.79 Å². The standard InChI is InChI=1S/C17H23NO3/c1-17(2)11-14(13-5-3-4-6-15(13)21-17)18-9-7-12(8-10-18)16(19)20/h3-6,12,14H,7-11H2,1-2H3,(H,19,20). The van der Waals surface area contributed by atoms with Gasteiger partial charge in [-0.2, -0.15) is 0 Å². The lowest BCUT2D eigenvalue weighted by molar-refractivity contribution is -0.143. The highest BCUT2D eigenvalue weighted by molar-refractivity contribution is 5.70. The third kappa shape index (κ3) is 2.91. The first-order chi connectivity index (χ1) is 9.96.